The molecule has 0 amide bonds. The zero-order chi connectivity index (χ0) is 20.7. The fourth-order valence-electron chi connectivity index (χ4n) is 3.99. The van der Waals surface area contributed by atoms with Crippen molar-refractivity contribution >= 4 is 23.5 Å². The van der Waals surface area contributed by atoms with Crippen LogP contribution in [0.2, 0.25) is 0 Å². The molecule has 0 unspecified atom stereocenters. The van der Waals surface area contributed by atoms with Crippen LogP contribution in [0.15, 0.2) is 60.7 Å². The third kappa shape index (κ3) is 9.91. The third-order valence-corrected chi connectivity index (χ3v) is 7.86. The van der Waals surface area contributed by atoms with Crippen molar-refractivity contribution in [3.05, 3.63) is 71.8 Å². The van der Waals surface area contributed by atoms with E-state index in [4.69, 9.17) is 0 Å². The average Bonchev–Trinajstić information content (AvgIpc) is 2.78. The van der Waals surface area contributed by atoms with Gasteiger partial charge in [0.2, 0.25) is 0 Å². The van der Waals surface area contributed by atoms with E-state index in [1.807, 2.05) is 0 Å². The molecule has 164 valence electrons. The van der Waals surface area contributed by atoms with Gasteiger partial charge in [-0.05, 0) is 86.0 Å². The summed E-state index contributed by atoms with van der Waals surface area (Å²) in [6.45, 7) is 7.12. The summed E-state index contributed by atoms with van der Waals surface area (Å²) in [7, 11) is 0. The fourth-order valence-corrected chi connectivity index (χ4v) is 5.73. The van der Waals surface area contributed by atoms with Gasteiger partial charge >= 0.3 is 0 Å². The molecule has 1 aliphatic heterocycles. The van der Waals surface area contributed by atoms with Crippen molar-refractivity contribution < 1.29 is 0 Å². The Kier molecular flexibility index (Phi) is 11.8. The molecule has 0 radical (unpaired) electrons. The van der Waals surface area contributed by atoms with Crippen LogP contribution in [0.3, 0.4) is 0 Å². The maximum atomic E-state index is 2.67. The van der Waals surface area contributed by atoms with Crippen LogP contribution < -0.4 is 0 Å². The lowest BCUT2D eigenvalue weighted by molar-refractivity contribution is 0.266. The van der Waals surface area contributed by atoms with Gasteiger partial charge in [0.1, 0.15) is 0 Å². The van der Waals surface area contributed by atoms with Gasteiger partial charge in [-0.25, -0.2) is 0 Å². The number of benzene rings is 2. The molecule has 2 aromatic rings. The van der Waals surface area contributed by atoms with Gasteiger partial charge in [0.15, 0.2) is 0 Å². The Morgan fingerprint density at radius 3 is 1.17 bits per heavy atom. The number of hydrogen-bond donors (Lipinski definition) is 0. The fraction of sp³-hybridized carbons (Fsp3) is 0.538. The average molecular weight is 443 g/mol. The highest BCUT2D eigenvalue weighted by Crippen LogP contribution is 2.14. The second-order valence-corrected chi connectivity index (χ2v) is 10.6. The van der Waals surface area contributed by atoms with Crippen LogP contribution in [0, 0.1) is 0 Å². The lowest BCUT2D eigenvalue weighted by Crippen LogP contribution is -2.27. The third-order valence-electron chi connectivity index (χ3n) is 5.55. The monoisotopic (exact) mass is 442 g/mol. The zero-order valence-corrected chi connectivity index (χ0v) is 20.0. The Hall–Kier alpha value is -0.940. The number of thioether (sulfide) groups is 2. The number of hydrogen-bond acceptors (Lipinski definition) is 4. The molecule has 2 aromatic carbocycles. The quantitative estimate of drug-likeness (QED) is 0.570. The minimum absolute atomic E-state index is 1.10. The van der Waals surface area contributed by atoms with Gasteiger partial charge in [-0.3, -0.25) is 9.80 Å². The Balaban J connectivity index is 1.44. The molecule has 2 nitrogen and oxygen atoms in total. The molecule has 30 heavy (non-hydrogen) atoms. The van der Waals surface area contributed by atoms with E-state index in [1.165, 1.54) is 86.0 Å². The SMILES string of the molecule is c1ccc(CN2CCCSCCCN(Cc3ccccc3)CCCSCCC2)cc1. The van der Waals surface area contributed by atoms with Gasteiger partial charge in [0.25, 0.3) is 0 Å². The summed E-state index contributed by atoms with van der Waals surface area (Å²) in [5.41, 5.74) is 2.90. The first-order chi connectivity index (χ1) is 14.9. The molecule has 4 heteroatoms. The predicted octanol–water partition coefficient (Wildman–Crippen LogP) is 6.03. The molecule has 0 bridgehead atoms. The van der Waals surface area contributed by atoms with Crippen molar-refractivity contribution in [3.8, 4) is 0 Å². The maximum Gasteiger partial charge on any atom is 0.0233 e. The van der Waals surface area contributed by atoms with Gasteiger partial charge in [0.05, 0.1) is 0 Å². The minimum Gasteiger partial charge on any atom is -0.299 e. The minimum atomic E-state index is 1.10. The largest absolute Gasteiger partial charge is 0.299 e. The molecule has 0 atom stereocenters. The van der Waals surface area contributed by atoms with Crippen LogP contribution in [0.25, 0.3) is 0 Å². The van der Waals surface area contributed by atoms with Crippen LogP contribution >= 0.6 is 23.5 Å². The summed E-state index contributed by atoms with van der Waals surface area (Å²) in [6.07, 6.45) is 5.22. The lowest BCUT2D eigenvalue weighted by Gasteiger charge is -2.24. The smallest absolute Gasteiger partial charge is 0.0233 e. The predicted molar refractivity (Wildman–Crippen MR) is 137 cm³/mol. The molecule has 3 rings (SSSR count). The second-order valence-electron chi connectivity index (χ2n) is 8.16. The molecule has 0 aliphatic carbocycles. The molecule has 1 saturated heterocycles. The molecule has 0 N–H and O–H groups in total. The Morgan fingerprint density at radius 2 is 0.833 bits per heavy atom. The van der Waals surface area contributed by atoms with Crippen LogP contribution in [0.1, 0.15) is 36.8 Å². The van der Waals surface area contributed by atoms with Crippen LogP contribution in [-0.4, -0.2) is 59.0 Å². The maximum absolute atomic E-state index is 2.67. The van der Waals surface area contributed by atoms with E-state index < -0.39 is 0 Å². The van der Waals surface area contributed by atoms with E-state index >= 15 is 0 Å². The first-order valence-electron chi connectivity index (χ1n) is 11.6. The van der Waals surface area contributed by atoms with Gasteiger partial charge < -0.3 is 0 Å². The summed E-state index contributed by atoms with van der Waals surface area (Å²) in [6, 6.07) is 22.0. The second kappa shape index (κ2) is 15.0. The molecule has 1 heterocycles. The molecule has 0 spiro atoms. The molecule has 0 saturated carbocycles. The van der Waals surface area contributed by atoms with Gasteiger partial charge in [-0.1, -0.05) is 60.7 Å². The number of nitrogens with zero attached hydrogens (tertiary/aromatic N) is 2. The van der Waals surface area contributed by atoms with Crippen molar-refractivity contribution in [2.24, 2.45) is 0 Å². The van der Waals surface area contributed by atoms with Crippen molar-refractivity contribution in [2.75, 3.05) is 49.2 Å². The van der Waals surface area contributed by atoms with Crippen molar-refractivity contribution in [2.45, 2.75) is 38.8 Å². The normalized spacial score (nSPS) is 19.5. The molecular weight excluding hydrogens is 404 g/mol. The highest BCUT2D eigenvalue weighted by atomic mass is 32.2. The summed E-state index contributed by atoms with van der Waals surface area (Å²) in [5, 5.41) is 0. The van der Waals surface area contributed by atoms with Gasteiger partial charge in [0, 0.05) is 13.1 Å². The van der Waals surface area contributed by atoms with E-state index in [1.54, 1.807) is 0 Å². The van der Waals surface area contributed by atoms with E-state index in [0.717, 1.165) is 13.1 Å². The highest BCUT2D eigenvalue weighted by Gasteiger charge is 2.09. The van der Waals surface area contributed by atoms with E-state index in [2.05, 4.69) is 94.0 Å². The summed E-state index contributed by atoms with van der Waals surface area (Å²) in [4.78, 5) is 5.34. The van der Waals surface area contributed by atoms with Crippen LogP contribution in [-0.2, 0) is 13.1 Å². The van der Waals surface area contributed by atoms with Gasteiger partial charge in [-0.15, -0.1) is 0 Å². The van der Waals surface area contributed by atoms with E-state index in [0.29, 0.717) is 0 Å². The Morgan fingerprint density at radius 1 is 0.500 bits per heavy atom. The standard InChI is InChI=1S/C26H38N2S2/c1-3-11-25(12-4-1)23-27-15-7-19-29-21-9-17-28(18-10-22-30-20-8-16-27)24-26-13-5-2-6-14-26/h1-6,11-14H,7-10,15-24H2. The number of rotatable bonds is 4. The van der Waals surface area contributed by atoms with Crippen molar-refractivity contribution in [1.82, 2.24) is 9.80 Å². The highest BCUT2D eigenvalue weighted by molar-refractivity contribution is 7.99. The summed E-state index contributed by atoms with van der Waals surface area (Å²) in [5.74, 6) is 5.16. The summed E-state index contributed by atoms with van der Waals surface area (Å²) >= 11 is 4.30. The topological polar surface area (TPSA) is 6.48 Å². The summed E-state index contributed by atoms with van der Waals surface area (Å²) < 4.78 is 0. The molecule has 1 aliphatic rings. The van der Waals surface area contributed by atoms with Crippen LogP contribution in [0.4, 0.5) is 0 Å². The molecule has 1 fully saturated rings. The Bertz CT molecular complexity index is 590. The zero-order valence-electron chi connectivity index (χ0n) is 18.4. The Labute approximate surface area is 192 Å². The first-order valence-corrected chi connectivity index (χ1v) is 13.9. The van der Waals surface area contributed by atoms with Crippen molar-refractivity contribution in [3.63, 3.8) is 0 Å². The van der Waals surface area contributed by atoms with Crippen LogP contribution in [0.5, 0.6) is 0 Å². The van der Waals surface area contributed by atoms with Gasteiger partial charge in [-0.2, -0.15) is 23.5 Å². The lowest BCUT2D eigenvalue weighted by atomic mass is 10.2. The van der Waals surface area contributed by atoms with E-state index in [9.17, 15) is 0 Å². The molecule has 0 aromatic heterocycles. The van der Waals surface area contributed by atoms with E-state index in [-0.39, 0.29) is 0 Å². The first kappa shape index (κ1) is 23.7. The molecular formula is C26H38N2S2. The van der Waals surface area contributed by atoms with Crippen molar-refractivity contribution in [1.29, 1.82) is 0 Å².